The van der Waals surface area contributed by atoms with E-state index in [1.54, 1.807) is 18.5 Å². The van der Waals surface area contributed by atoms with E-state index in [0.717, 1.165) is 5.69 Å². The van der Waals surface area contributed by atoms with E-state index in [4.69, 9.17) is 16.6 Å². The minimum atomic E-state index is 0.435. The summed E-state index contributed by atoms with van der Waals surface area (Å²) < 4.78 is 5.12. The van der Waals surface area contributed by atoms with Gasteiger partial charge in [0.2, 0.25) is 0 Å². The largest absolute Gasteiger partial charge is 0.463 e. The van der Waals surface area contributed by atoms with Crippen molar-refractivity contribution in [2.45, 2.75) is 19.8 Å². The number of hydrogen-bond acceptors (Lipinski definition) is 3. The number of hydrazone groups is 1. The van der Waals surface area contributed by atoms with Gasteiger partial charge in [0.1, 0.15) is 5.76 Å². The van der Waals surface area contributed by atoms with E-state index in [-0.39, 0.29) is 0 Å². The number of rotatable bonds is 4. The highest BCUT2D eigenvalue weighted by atomic mass is 32.1. The van der Waals surface area contributed by atoms with E-state index in [1.807, 2.05) is 18.2 Å². The van der Waals surface area contributed by atoms with Crippen LogP contribution < -0.4 is 10.7 Å². The number of anilines is 1. The van der Waals surface area contributed by atoms with Crippen LogP contribution in [0.5, 0.6) is 0 Å². The summed E-state index contributed by atoms with van der Waals surface area (Å²) in [7, 11) is 0. The van der Waals surface area contributed by atoms with E-state index >= 15 is 0 Å². The lowest BCUT2D eigenvalue weighted by Gasteiger charge is -2.09. The van der Waals surface area contributed by atoms with Crippen LogP contribution in [0.3, 0.4) is 0 Å². The van der Waals surface area contributed by atoms with Gasteiger partial charge in [0, 0.05) is 5.69 Å². The summed E-state index contributed by atoms with van der Waals surface area (Å²) in [6.07, 6.45) is 3.16. The van der Waals surface area contributed by atoms with Gasteiger partial charge in [0.25, 0.3) is 0 Å². The topological polar surface area (TPSA) is 49.6 Å². The van der Waals surface area contributed by atoms with Gasteiger partial charge in [-0.3, -0.25) is 5.43 Å². The summed E-state index contributed by atoms with van der Waals surface area (Å²) in [4.78, 5) is 0. The van der Waals surface area contributed by atoms with Gasteiger partial charge >= 0.3 is 0 Å². The second kappa shape index (κ2) is 6.86. The number of nitrogens with zero attached hydrogens (tertiary/aromatic N) is 1. The number of thiocarbonyl (C=S) groups is 1. The molecule has 0 aliphatic rings. The van der Waals surface area contributed by atoms with Gasteiger partial charge in [0.15, 0.2) is 5.11 Å². The molecule has 1 aromatic heterocycles. The monoisotopic (exact) mass is 287 g/mol. The van der Waals surface area contributed by atoms with Gasteiger partial charge < -0.3 is 9.73 Å². The van der Waals surface area contributed by atoms with Gasteiger partial charge in [-0.05, 0) is 48.0 Å². The summed E-state index contributed by atoms with van der Waals surface area (Å²) in [5.41, 5.74) is 4.96. The first-order chi connectivity index (χ1) is 9.65. The molecule has 0 unspecified atom stereocenters. The molecule has 1 aromatic carbocycles. The van der Waals surface area contributed by atoms with Gasteiger partial charge in [-0.15, -0.1) is 0 Å². The molecule has 2 N–H and O–H groups in total. The molecule has 0 saturated carbocycles. The van der Waals surface area contributed by atoms with E-state index in [0.29, 0.717) is 16.8 Å². The standard InChI is InChI=1S/C15H17N3OS/c1-11(2)12-5-7-13(8-6-12)17-15(20)18-16-10-14-4-3-9-19-14/h3-11H,1-2H3,(H2,17,18,20)/b16-10+. The third kappa shape index (κ3) is 4.20. The normalized spacial score (nSPS) is 10.9. The second-order valence-corrected chi connectivity index (χ2v) is 5.02. The summed E-state index contributed by atoms with van der Waals surface area (Å²) in [6, 6.07) is 11.8. The van der Waals surface area contributed by atoms with Crippen LogP contribution in [-0.4, -0.2) is 11.3 Å². The van der Waals surface area contributed by atoms with Crippen molar-refractivity contribution in [2.75, 3.05) is 5.32 Å². The Morgan fingerprint density at radius 3 is 2.60 bits per heavy atom. The van der Waals surface area contributed by atoms with Gasteiger partial charge in [-0.2, -0.15) is 5.10 Å². The molecule has 2 rings (SSSR count). The van der Waals surface area contributed by atoms with Crippen molar-refractivity contribution < 1.29 is 4.42 Å². The minimum absolute atomic E-state index is 0.435. The van der Waals surface area contributed by atoms with Crippen molar-refractivity contribution in [3.63, 3.8) is 0 Å². The molecule has 0 atom stereocenters. The van der Waals surface area contributed by atoms with Crippen LogP contribution in [-0.2, 0) is 0 Å². The van der Waals surface area contributed by atoms with Crippen molar-refractivity contribution in [2.24, 2.45) is 5.10 Å². The Kier molecular flexibility index (Phi) is 4.90. The van der Waals surface area contributed by atoms with Crippen molar-refractivity contribution in [3.8, 4) is 0 Å². The molecule has 5 heteroatoms. The zero-order valence-electron chi connectivity index (χ0n) is 11.5. The van der Waals surface area contributed by atoms with Crippen molar-refractivity contribution in [3.05, 3.63) is 54.0 Å². The van der Waals surface area contributed by atoms with E-state index < -0.39 is 0 Å². The highest BCUT2D eigenvalue weighted by Gasteiger charge is 2.00. The molecule has 4 nitrogen and oxygen atoms in total. The molecule has 0 radical (unpaired) electrons. The molecular formula is C15H17N3OS. The third-order valence-electron chi connectivity index (χ3n) is 2.74. The van der Waals surface area contributed by atoms with Gasteiger partial charge in [0.05, 0.1) is 12.5 Å². The maximum atomic E-state index is 5.15. The SMILES string of the molecule is CC(C)c1ccc(NC(=S)N/N=C/c2ccco2)cc1. The molecule has 0 aliphatic heterocycles. The molecule has 104 valence electrons. The van der Waals surface area contributed by atoms with Crippen molar-refractivity contribution in [1.82, 2.24) is 5.43 Å². The van der Waals surface area contributed by atoms with Crippen LogP contribution in [0.25, 0.3) is 0 Å². The predicted molar refractivity (Wildman–Crippen MR) is 86.2 cm³/mol. The zero-order chi connectivity index (χ0) is 14.4. The fourth-order valence-electron chi connectivity index (χ4n) is 1.63. The maximum absolute atomic E-state index is 5.15. The molecule has 1 heterocycles. The van der Waals surface area contributed by atoms with E-state index in [1.165, 1.54) is 5.56 Å². The van der Waals surface area contributed by atoms with Gasteiger partial charge in [-0.1, -0.05) is 26.0 Å². The molecular weight excluding hydrogens is 270 g/mol. The first-order valence-electron chi connectivity index (χ1n) is 6.38. The van der Waals surface area contributed by atoms with E-state index in [2.05, 4.69) is 41.8 Å². The zero-order valence-corrected chi connectivity index (χ0v) is 12.3. The average Bonchev–Trinajstić information content (AvgIpc) is 2.92. The lowest BCUT2D eigenvalue weighted by molar-refractivity contribution is 0.560. The van der Waals surface area contributed by atoms with Crippen LogP contribution in [0.2, 0.25) is 0 Å². The molecule has 2 aromatic rings. The quantitative estimate of drug-likeness (QED) is 0.511. The maximum Gasteiger partial charge on any atom is 0.191 e. The summed E-state index contributed by atoms with van der Waals surface area (Å²) in [5, 5.41) is 7.48. The smallest absolute Gasteiger partial charge is 0.191 e. The van der Waals surface area contributed by atoms with Crippen LogP contribution in [0.4, 0.5) is 5.69 Å². The minimum Gasteiger partial charge on any atom is -0.463 e. The Labute approximate surface area is 123 Å². The molecule has 0 spiro atoms. The van der Waals surface area contributed by atoms with Gasteiger partial charge in [-0.25, -0.2) is 0 Å². The number of benzene rings is 1. The summed E-state index contributed by atoms with van der Waals surface area (Å²) in [5.74, 6) is 1.19. The number of furan rings is 1. The van der Waals surface area contributed by atoms with Crippen LogP contribution in [0.15, 0.2) is 52.2 Å². The lowest BCUT2D eigenvalue weighted by atomic mass is 10.0. The van der Waals surface area contributed by atoms with Crippen LogP contribution in [0.1, 0.15) is 31.1 Å². The Hall–Kier alpha value is -2.14. The molecule has 0 bridgehead atoms. The molecule has 0 aliphatic carbocycles. The number of hydrogen-bond donors (Lipinski definition) is 2. The average molecular weight is 287 g/mol. The second-order valence-electron chi connectivity index (χ2n) is 4.62. The Bertz CT molecular complexity index is 574. The first-order valence-corrected chi connectivity index (χ1v) is 6.79. The van der Waals surface area contributed by atoms with E-state index in [9.17, 15) is 0 Å². The first kappa shape index (κ1) is 14.3. The van der Waals surface area contributed by atoms with Crippen LogP contribution >= 0.6 is 12.2 Å². The fraction of sp³-hybridized carbons (Fsp3) is 0.200. The summed E-state index contributed by atoms with van der Waals surface area (Å²) in [6.45, 7) is 4.33. The molecule has 0 amide bonds. The Morgan fingerprint density at radius 2 is 2.00 bits per heavy atom. The van der Waals surface area contributed by atoms with Crippen LogP contribution in [0, 0.1) is 0 Å². The predicted octanol–water partition coefficient (Wildman–Crippen LogP) is 3.72. The van der Waals surface area contributed by atoms with Crippen molar-refractivity contribution in [1.29, 1.82) is 0 Å². The summed E-state index contributed by atoms with van der Waals surface area (Å²) >= 11 is 5.15. The highest BCUT2D eigenvalue weighted by Crippen LogP contribution is 2.16. The molecule has 20 heavy (non-hydrogen) atoms. The fourth-order valence-corrected chi connectivity index (χ4v) is 1.80. The third-order valence-corrected chi connectivity index (χ3v) is 2.93. The lowest BCUT2D eigenvalue weighted by Crippen LogP contribution is -2.23. The highest BCUT2D eigenvalue weighted by molar-refractivity contribution is 7.80. The number of nitrogens with one attached hydrogen (secondary N) is 2. The van der Waals surface area contributed by atoms with Crippen molar-refractivity contribution >= 4 is 29.2 Å². The molecule has 0 saturated heterocycles. The Morgan fingerprint density at radius 1 is 1.25 bits per heavy atom. The Balaban J connectivity index is 1.85. The molecule has 0 fully saturated rings.